The maximum atomic E-state index is 12.8. The van der Waals surface area contributed by atoms with Crippen molar-refractivity contribution >= 4 is 13.7 Å². The van der Waals surface area contributed by atoms with Gasteiger partial charge in [-0.25, -0.2) is 0 Å². The van der Waals surface area contributed by atoms with Crippen LogP contribution in [0.2, 0.25) is 0 Å². The van der Waals surface area contributed by atoms with E-state index in [9.17, 15) is 19.4 Å². The number of carbonyl (C=O) groups excluding carboxylic acids is 1. The van der Waals surface area contributed by atoms with Crippen LogP contribution >= 0.6 is 7.82 Å². The fourth-order valence-electron chi connectivity index (χ4n) is 5.87. The van der Waals surface area contributed by atoms with E-state index >= 15 is 0 Å². The van der Waals surface area contributed by atoms with Gasteiger partial charge in [0, 0.05) is 6.42 Å². The monoisotopic (exact) mass is 755 g/mol. The van der Waals surface area contributed by atoms with Crippen LogP contribution in [-0.2, 0) is 18.4 Å². The fourth-order valence-corrected chi connectivity index (χ4v) is 6.59. The molecule has 0 saturated carbocycles. The first kappa shape index (κ1) is 50.7. The number of carbonyl (C=O) groups is 1. The maximum Gasteiger partial charge on any atom is 0.268 e. The van der Waals surface area contributed by atoms with Crippen LogP contribution in [0.25, 0.3) is 0 Å². The molecule has 0 radical (unpaired) electrons. The number of quaternary nitrogens is 1. The van der Waals surface area contributed by atoms with Gasteiger partial charge in [-0.15, -0.1) is 0 Å². The predicted octanol–water partition coefficient (Wildman–Crippen LogP) is 10.9. The van der Waals surface area contributed by atoms with Crippen LogP contribution in [-0.4, -0.2) is 68.5 Å². The van der Waals surface area contributed by atoms with Gasteiger partial charge in [0.15, 0.2) is 0 Å². The second kappa shape index (κ2) is 35.4. The van der Waals surface area contributed by atoms with E-state index in [1.807, 2.05) is 27.2 Å². The lowest BCUT2D eigenvalue weighted by Crippen LogP contribution is -2.45. The topological polar surface area (TPSA) is 108 Å². The Labute approximate surface area is 321 Å². The smallest absolute Gasteiger partial charge is 0.268 e. The lowest BCUT2D eigenvalue weighted by atomic mass is 10.1. The molecule has 0 aliphatic rings. The van der Waals surface area contributed by atoms with Gasteiger partial charge < -0.3 is 28.8 Å². The molecule has 52 heavy (non-hydrogen) atoms. The number of aliphatic hydroxyl groups excluding tert-OH is 1. The average Bonchev–Trinajstić information content (AvgIpc) is 3.09. The Morgan fingerprint density at radius 1 is 0.654 bits per heavy atom. The largest absolute Gasteiger partial charge is 0.756 e. The second-order valence-electron chi connectivity index (χ2n) is 15.7. The highest BCUT2D eigenvalue weighted by Crippen LogP contribution is 2.38. The van der Waals surface area contributed by atoms with Crippen molar-refractivity contribution < 1.29 is 32.9 Å². The third-order valence-electron chi connectivity index (χ3n) is 9.32. The third-order valence-corrected chi connectivity index (χ3v) is 10.3. The fraction of sp³-hybridized carbons (Fsp3) is 0.837. The summed E-state index contributed by atoms with van der Waals surface area (Å²) in [5.74, 6) is -0.215. The molecule has 0 bridgehead atoms. The lowest BCUT2D eigenvalue weighted by Gasteiger charge is -2.29. The zero-order valence-corrected chi connectivity index (χ0v) is 35.4. The molecule has 0 aliphatic heterocycles. The molecule has 2 N–H and O–H groups in total. The molecule has 1 amide bonds. The minimum absolute atomic E-state index is 0.00769. The van der Waals surface area contributed by atoms with Crippen molar-refractivity contribution in [3.63, 3.8) is 0 Å². The van der Waals surface area contributed by atoms with E-state index in [0.717, 1.165) is 38.5 Å². The quantitative estimate of drug-likeness (QED) is 0.0281. The Kier molecular flexibility index (Phi) is 34.6. The molecular formula is C43H83N2O6P. The lowest BCUT2D eigenvalue weighted by molar-refractivity contribution is -0.870. The Balaban J connectivity index is 4.30. The van der Waals surface area contributed by atoms with Crippen molar-refractivity contribution in [3.05, 3.63) is 36.5 Å². The van der Waals surface area contributed by atoms with Gasteiger partial charge in [0.1, 0.15) is 13.2 Å². The molecule has 0 rings (SSSR count). The maximum absolute atomic E-state index is 12.8. The van der Waals surface area contributed by atoms with Crippen molar-refractivity contribution in [2.24, 2.45) is 0 Å². The first-order valence-corrected chi connectivity index (χ1v) is 22.8. The normalized spacial score (nSPS) is 14.8. The number of hydrogen-bond donors (Lipinski definition) is 2. The van der Waals surface area contributed by atoms with Gasteiger partial charge >= 0.3 is 0 Å². The van der Waals surface area contributed by atoms with Gasteiger partial charge in [0.05, 0.1) is 39.9 Å². The van der Waals surface area contributed by atoms with Gasteiger partial charge in [-0.1, -0.05) is 153 Å². The Morgan fingerprint density at radius 3 is 1.60 bits per heavy atom. The predicted molar refractivity (Wildman–Crippen MR) is 219 cm³/mol. The van der Waals surface area contributed by atoms with E-state index < -0.39 is 26.6 Å². The number of amides is 1. The molecule has 0 aromatic rings. The number of allylic oxidation sites excluding steroid dienone is 5. The van der Waals surface area contributed by atoms with Crippen LogP contribution in [0.3, 0.4) is 0 Å². The number of aliphatic hydroxyl groups is 1. The first-order valence-electron chi connectivity index (χ1n) is 21.4. The zero-order chi connectivity index (χ0) is 38.6. The molecule has 0 saturated heterocycles. The summed E-state index contributed by atoms with van der Waals surface area (Å²) >= 11 is 0. The Morgan fingerprint density at radius 2 is 1.08 bits per heavy atom. The summed E-state index contributed by atoms with van der Waals surface area (Å²) in [6, 6.07) is -0.901. The summed E-state index contributed by atoms with van der Waals surface area (Å²) in [6.07, 6.45) is 42.1. The first-order chi connectivity index (χ1) is 25.0. The van der Waals surface area contributed by atoms with Gasteiger partial charge in [-0.3, -0.25) is 9.36 Å². The standard InChI is InChI=1S/C43H83N2O6P/c1-6-8-10-12-14-16-17-18-19-20-21-22-23-24-25-26-27-29-31-33-35-37-43(47)44-41(40-51-52(48,49)50-39-38-45(3,4)5)42(46)36-34-32-30-28-15-13-11-9-7-2/h15,22-23,28,34,36,41-42,46H,6-14,16-21,24-27,29-33,35,37-40H2,1-5H3,(H-,44,47,48,49)/b23-22-,28-15+,36-34+. The molecular weight excluding hydrogens is 671 g/mol. The number of nitrogens with zero attached hydrogens (tertiary/aromatic N) is 1. The summed E-state index contributed by atoms with van der Waals surface area (Å²) < 4.78 is 23.1. The number of likely N-dealkylation sites (N-methyl/N-ethyl adjacent to an activating group) is 1. The van der Waals surface area contributed by atoms with Crippen LogP contribution in [0.15, 0.2) is 36.5 Å². The number of hydrogen-bond acceptors (Lipinski definition) is 6. The highest BCUT2D eigenvalue weighted by molar-refractivity contribution is 7.45. The van der Waals surface area contributed by atoms with E-state index in [0.29, 0.717) is 17.4 Å². The molecule has 3 unspecified atom stereocenters. The summed E-state index contributed by atoms with van der Waals surface area (Å²) in [5.41, 5.74) is 0. The average molecular weight is 755 g/mol. The van der Waals surface area contributed by atoms with Crippen molar-refractivity contribution in [1.29, 1.82) is 0 Å². The van der Waals surface area contributed by atoms with Crippen LogP contribution in [0.1, 0.15) is 181 Å². The van der Waals surface area contributed by atoms with E-state index in [4.69, 9.17) is 9.05 Å². The molecule has 0 fully saturated rings. The Bertz CT molecular complexity index is 948. The number of unbranched alkanes of at least 4 members (excludes halogenated alkanes) is 21. The molecule has 306 valence electrons. The summed E-state index contributed by atoms with van der Waals surface area (Å²) in [4.78, 5) is 25.2. The second-order valence-corrected chi connectivity index (χ2v) is 17.1. The van der Waals surface area contributed by atoms with Crippen molar-refractivity contribution in [2.45, 2.75) is 193 Å². The van der Waals surface area contributed by atoms with E-state index in [1.54, 1.807) is 6.08 Å². The third kappa shape index (κ3) is 37.1. The molecule has 0 heterocycles. The van der Waals surface area contributed by atoms with E-state index in [2.05, 4.69) is 43.5 Å². The highest BCUT2D eigenvalue weighted by atomic mass is 31.2. The number of rotatable bonds is 38. The molecule has 9 heteroatoms. The van der Waals surface area contributed by atoms with Crippen LogP contribution < -0.4 is 10.2 Å². The van der Waals surface area contributed by atoms with Crippen molar-refractivity contribution in [2.75, 3.05) is 40.9 Å². The van der Waals surface area contributed by atoms with Gasteiger partial charge in [0.25, 0.3) is 7.82 Å². The molecule has 0 aromatic carbocycles. The van der Waals surface area contributed by atoms with E-state index in [-0.39, 0.29) is 12.5 Å². The molecule has 3 atom stereocenters. The summed E-state index contributed by atoms with van der Waals surface area (Å²) in [6.45, 7) is 4.56. The van der Waals surface area contributed by atoms with Gasteiger partial charge in [-0.05, 0) is 57.8 Å². The molecule has 0 aromatic heterocycles. The summed E-state index contributed by atoms with van der Waals surface area (Å²) in [5, 5.41) is 13.7. The van der Waals surface area contributed by atoms with Gasteiger partial charge in [-0.2, -0.15) is 0 Å². The minimum Gasteiger partial charge on any atom is -0.756 e. The molecule has 8 nitrogen and oxygen atoms in total. The minimum atomic E-state index is -4.59. The zero-order valence-electron chi connectivity index (χ0n) is 34.5. The number of nitrogens with one attached hydrogen (secondary N) is 1. The van der Waals surface area contributed by atoms with E-state index in [1.165, 1.54) is 122 Å². The SMILES string of the molecule is CCCCC/C=C/CC/C=C/C(O)C(COP(=O)([O-])OCC[N+](C)(C)C)NC(=O)CCCCCCCCC/C=C\CCCCCCCCCCCC. The molecule has 0 aliphatic carbocycles. The molecule has 0 spiro atoms. The number of phosphoric acid groups is 1. The van der Waals surface area contributed by atoms with Crippen LogP contribution in [0, 0.1) is 0 Å². The van der Waals surface area contributed by atoms with Crippen molar-refractivity contribution in [3.8, 4) is 0 Å². The van der Waals surface area contributed by atoms with Crippen molar-refractivity contribution in [1.82, 2.24) is 5.32 Å². The number of phosphoric ester groups is 1. The summed E-state index contributed by atoms with van der Waals surface area (Å²) in [7, 11) is 1.24. The highest BCUT2D eigenvalue weighted by Gasteiger charge is 2.23. The van der Waals surface area contributed by atoms with Crippen LogP contribution in [0.4, 0.5) is 0 Å². The Hall–Kier alpha value is -1.28. The van der Waals surface area contributed by atoms with Crippen LogP contribution in [0.5, 0.6) is 0 Å². The van der Waals surface area contributed by atoms with Gasteiger partial charge in [0.2, 0.25) is 5.91 Å².